The van der Waals surface area contributed by atoms with Crippen LogP contribution in [0.2, 0.25) is 0 Å². The maximum Gasteiger partial charge on any atom is 0.338 e. The molecule has 1 aromatic rings. The molecule has 12 heteroatoms. The number of nitro benzene ring substituents is 1. The molecule has 0 N–H and O–H groups in total. The summed E-state index contributed by atoms with van der Waals surface area (Å²) < 4.78 is 10.3. The average molecular weight is 543 g/mol. The zero-order chi connectivity index (χ0) is 27.4. The molecule has 0 spiro atoms. The van der Waals surface area contributed by atoms with E-state index in [4.69, 9.17) is 14.5 Å². The van der Waals surface area contributed by atoms with Gasteiger partial charge in [0.1, 0.15) is 0 Å². The van der Waals surface area contributed by atoms with E-state index in [-0.39, 0.29) is 29.9 Å². The first-order valence-electron chi connectivity index (χ1n) is 12.5. The Hall–Kier alpha value is -3.67. The van der Waals surface area contributed by atoms with Crippen molar-refractivity contribution in [2.75, 3.05) is 26.8 Å². The summed E-state index contributed by atoms with van der Waals surface area (Å²) in [6, 6.07) is 5.33. The Balaban J connectivity index is 1.64. The maximum atomic E-state index is 13.4. The van der Waals surface area contributed by atoms with Crippen LogP contribution >= 0.6 is 11.8 Å². The predicted octanol–water partition coefficient (Wildman–Crippen LogP) is 3.92. The molecule has 1 aromatic carbocycles. The van der Waals surface area contributed by atoms with E-state index in [2.05, 4.69) is 0 Å². The number of methoxy groups -OCH3 is 1. The average Bonchev–Trinajstić information content (AvgIpc) is 3.33. The minimum Gasteiger partial charge on any atom is -0.466 e. The van der Waals surface area contributed by atoms with Gasteiger partial charge in [0.2, 0.25) is 5.91 Å². The van der Waals surface area contributed by atoms with Crippen LogP contribution in [0.1, 0.15) is 51.1 Å². The van der Waals surface area contributed by atoms with Crippen LogP contribution in [0.5, 0.6) is 0 Å². The molecule has 0 aromatic heterocycles. The third-order valence-corrected chi connectivity index (χ3v) is 7.66. The standard InChI is InChI=1S/C26H30N4O7S/c1-4-20-22(25(33)36-3)23(16-8-10-18(11-9-16)30(34)35)29-19(15-38-26(29)27-20)13-21(31)28-12-6-7-17(14-28)24(32)37-5-2/h8-11,15,17,23H,4-7,12-14H2,1-3H3. The third kappa shape index (κ3) is 5.45. The van der Waals surface area contributed by atoms with Crippen LogP contribution in [0, 0.1) is 16.0 Å². The number of amides is 1. The summed E-state index contributed by atoms with van der Waals surface area (Å²) in [5, 5.41) is 13.7. The summed E-state index contributed by atoms with van der Waals surface area (Å²) in [5.74, 6) is -1.33. The molecule has 3 aliphatic heterocycles. The van der Waals surface area contributed by atoms with Gasteiger partial charge in [0.05, 0.1) is 48.3 Å². The number of non-ortho nitro benzene ring substituents is 1. The van der Waals surface area contributed by atoms with E-state index in [9.17, 15) is 24.5 Å². The Morgan fingerprint density at radius 2 is 1.95 bits per heavy atom. The number of hydrogen-bond donors (Lipinski definition) is 0. The van der Waals surface area contributed by atoms with Gasteiger partial charge in [-0.15, -0.1) is 0 Å². The molecule has 2 atom stereocenters. The Labute approximate surface area is 224 Å². The number of fused-ring (bicyclic) bond motifs is 1. The fraction of sp³-hybridized carbons (Fsp3) is 0.462. The Morgan fingerprint density at radius 1 is 1.21 bits per heavy atom. The first kappa shape index (κ1) is 27.4. The number of amidine groups is 1. The predicted molar refractivity (Wildman–Crippen MR) is 141 cm³/mol. The van der Waals surface area contributed by atoms with Gasteiger partial charge in [-0.05, 0) is 49.3 Å². The molecule has 1 amide bonds. The summed E-state index contributed by atoms with van der Waals surface area (Å²) >= 11 is 1.36. The number of nitrogens with zero attached hydrogens (tertiary/aromatic N) is 4. The van der Waals surface area contributed by atoms with Crippen molar-refractivity contribution in [2.45, 2.75) is 45.6 Å². The Bertz CT molecular complexity index is 1220. The molecule has 0 aliphatic carbocycles. The minimum absolute atomic E-state index is 0.0426. The molecule has 0 bridgehead atoms. The lowest BCUT2D eigenvalue weighted by molar-refractivity contribution is -0.384. The number of likely N-dealkylation sites (tertiary alicyclic amines) is 1. The number of aliphatic imine (C=N–C) groups is 1. The van der Waals surface area contributed by atoms with E-state index in [0.29, 0.717) is 66.7 Å². The number of thioether (sulfide) groups is 1. The van der Waals surface area contributed by atoms with E-state index in [1.807, 2.05) is 17.2 Å². The van der Waals surface area contributed by atoms with Gasteiger partial charge in [-0.3, -0.25) is 19.7 Å². The second-order valence-corrected chi connectivity index (χ2v) is 9.89. The number of carbonyl (C=O) groups excluding carboxylic acids is 3. The van der Waals surface area contributed by atoms with Crippen molar-refractivity contribution in [1.82, 2.24) is 9.80 Å². The molecule has 202 valence electrons. The molecule has 0 radical (unpaired) electrons. The fourth-order valence-corrected chi connectivity index (χ4v) is 5.87. The van der Waals surface area contributed by atoms with Crippen LogP contribution in [0.3, 0.4) is 0 Å². The highest BCUT2D eigenvalue weighted by molar-refractivity contribution is 8.16. The lowest BCUT2D eigenvalue weighted by atomic mass is 9.92. The Kier molecular flexibility index (Phi) is 8.50. The van der Waals surface area contributed by atoms with Crippen LogP contribution in [0.25, 0.3) is 0 Å². The summed E-state index contributed by atoms with van der Waals surface area (Å²) in [6.45, 7) is 4.80. The molecular weight excluding hydrogens is 512 g/mol. The molecule has 38 heavy (non-hydrogen) atoms. The number of hydrogen-bond acceptors (Lipinski definition) is 10. The summed E-state index contributed by atoms with van der Waals surface area (Å²) in [6.07, 6.45) is 1.91. The van der Waals surface area contributed by atoms with Crippen molar-refractivity contribution in [3.63, 3.8) is 0 Å². The molecule has 0 saturated carbocycles. The summed E-state index contributed by atoms with van der Waals surface area (Å²) in [7, 11) is 1.30. The maximum absolute atomic E-state index is 13.4. The number of ether oxygens (including phenoxy) is 2. The smallest absolute Gasteiger partial charge is 0.338 e. The van der Waals surface area contributed by atoms with Crippen LogP contribution < -0.4 is 0 Å². The highest BCUT2D eigenvalue weighted by atomic mass is 32.2. The van der Waals surface area contributed by atoms with Crippen LogP contribution in [0.4, 0.5) is 5.69 Å². The van der Waals surface area contributed by atoms with Crippen molar-refractivity contribution < 1.29 is 28.8 Å². The van der Waals surface area contributed by atoms with Gasteiger partial charge in [-0.2, -0.15) is 0 Å². The third-order valence-electron chi connectivity index (χ3n) is 6.78. The quantitative estimate of drug-likeness (QED) is 0.272. The normalized spacial score (nSPS) is 20.9. The largest absolute Gasteiger partial charge is 0.466 e. The van der Waals surface area contributed by atoms with Crippen molar-refractivity contribution >= 4 is 40.5 Å². The molecule has 1 saturated heterocycles. The highest BCUT2D eigenvalue weighted by Gasteiger charge is 2.42. The van der Waals surface area contributed by atoms with Crippen LogP contribution in [0.15, 0.2) is 51.6 Å². The zero-order valence-corrected chi connectivity index (χ0v) is 22.4. The minimum atomic E-state index is -0.673. The van der Waals surface area contributed by atoms with Gasteiger partial charge in [0.15, 0.2) is 5.17 Å². The van der Waals surface area contributed by atoms with Gasteiger partial charge in [0, 0.05) is 30.9 Å². The van der Waals surface area contributed by atoms with E-state index in [1.165, 1.54) is 31.0 Å². The first-order chi connectivity index (χ1) is 18.3. The second kappa shape index (κ2) is 11.8. The lowest BCUT2D eigenvalue weighted by Crippen LogP contribution is -2.44. The number of carbonyl (C=O) groups is 3. The summed E-state index contributed by atoms with van der Waals surface area (Å²) in [5.41, 5.74) is 2.11. The molecule has 11 nitrogen and oxygen atoms in total. The van der Waals surface area contributed by atoms with E-state index < -0.39 is 16.9 Å². The number of nitro groups is 1. The molecule has 3 aliphatic rings. The van der Waals surface area contributed by atoms with Gasteiger partial charge in [-0.25, -0.2) is 9.79 Å². The van der Waals surface area contributed by atoms with Crippen molar-refractivity contribution in [1.29, 1.82) is 0 Å². The van der Waals surface area contributed by atoms with Crippen molar-refractivity contribution in [3.05, 3.63) is 62.3 Å². The van der Waals surface area contributed by atoms with Crippen molar-refractivity contribution in [3.8, 4) is 0 Å². The number of benzene rings is 1. The zero-order valence-electron chi connectivity index (χ0n) is 21.5. The Morgan fingerprint density at radius 3 is 2.58 bits per heavy atom. The van der Waals surface area contributed by atoms with Crippen molar-refractivity contribution in [2.24, 2.45) is 10.9 Å². The van der Waals surface area contributed by atoms with Crippen LogP contribution in [-0.2, 0) is 23.9 Å². The van der Waals surface area contributed by atoms with E-state index >= 15 is 0 Å². The number of piperidine rings is 1. The molecule has 1 fully saturated rings. The topological polar surface area (TPSA) is 132 Å². The van der Waals surface area contributed by atoms with E-state index in [1.54, 1.807) is 24.0 Å². The van der Waals surface area contributed by atoms with Gasteiger partial charge < -0.3 is 19.3 Å². The van der Waals surface area contributed by atoms with Gasteiger partial charge in [0.25, 0.3) is 5.69 Å². The second-order valence-electron chi connectivity index (χ2n) is 9.06. The first-order valence-corrected chi connectivity index (χ1v) is 13.4. The highest BCUT2D eigenvalue weighted by Crippen LogP contribution is 2.45. The number of esters is 2. The molecule has 3 heterocycles. The lowest BCUT2D eigenvalue weighted by Gasteiger charge is -2.37. The van der Waals surface area contributed by atoms with E-state index in [0.717, 1.165) is 0 Å². The number of allylic oxidation sites excluding steroid dienone is 1. The molecule has 2 unspecified atom stereocenters. The fourth-order valence-electron chi connectivity index (χ4n) is 4.93. The monoisotopic (exact) mass is 542 g/mol. The number of rotatable bonds is 8. The van der Waals surface area contributed by atoms with Gasteiger partial charge >= 0.3 is 11.9 Å². The molecule has 4 rings (SSSR count). The van der Waals surface area contributed by atoms with Gasteiger partial charge in [-0.1, -0.05) is 18.7 Å². The van der Waals surface area contributed by atoms with Crippen LogP contribution in [-0.4, -0.2) is 64.5 Å². The SMILES string of the molecule is CCOC(=O)C1CCCN(C(=O)CC2=CSC3=NC(CC)=C(C(=O)OC)C(c4ccc([N+](=O)[O-])cc4)N23)C1. The molecular formula is C26H30N4O7S. The summed E-state index contributed by atoms with van der Waals surface area (Å²) in [4.78, 5) is 57.6.